The van der Waals surface area contributed by atoms with Gasteiger partial charge < -0.3 is 5.11 Å². The van der Waals surface area contributed by atoms with Gasteiger partial charge in [0.15, 0.2) is 0 Å². The van der Waals surface area contributed by atoms with Gasteiger partial charge >= 0.3 is 0 Å². The number of phenolic OH excluding ortho intramolecular Hbond substituents is 1. The van der Waals surface area contributed by atoms with Crippen LogP contribution in [0.3, 0.4) is 0 Å². The highest BCUT2D eigenvalue weighted by Gasteiger charge is 2.45. The summed E-state index contributed by atoms with van der Waals surface area (Å²) in [6.45, 7) is 0. The van der Waals surface area contributed by atoms with Crippen molar-refractivity contribution in [1.82, 2.24) is 0 Å². The Hall–Kier alpha value is -1.84. The Bertz CT molecular complexity index is 458. The molecular weight excluding hydrogens is 218 g/mol. The lowest BCUT2D eigenvalue weighted by Gasteiger charge is -2.29. The molecule has 2 amide bonds. The van der Waals surface area contributed by atoms with Crippen LogP contribution in [0, 0.1) is 11.8 Å². The van der Waals surface area contributed by atoms with Gasteiger partial charge in [0.1, 0.15) is 5.75 Å². The van der Waals surface area contributed by atoms with Crippen molar-refractivity contribution < 1.29 is 14.7 Å². The second-order valence-electron chi connectivity index (χ2n) is 4.74. The fraction of sp³-hybridized carbons (Fsp3) is 0.385. The van der Waals surface area contributed by atoms with E-state index in [0.717, 1.165) is 12.8 Å². The quantitative estimate of drug-likeness (QED) is 0.748. The number of aromatic hydroxyl groups is 1. The van der Waals surface area contributed by atoms with Gasteiger partial charge in [0.2, 0.25) is 11.8 Å². The monoisotopic (exact) mass is 231 g/mol. The van der Waals surface area contributed by atoms with Gasteiger partial charge in [-0.25, -0.2) is 0 Å². The molecule has 1 heterocycles. The number of nitrogens with zero attached hydrogens (tertiary/aromatic N) is 1. The SMILES string of the molecule is O=C1C2CCC(C2)C(=O)N1c1ccc(O)cc1. The van der Waals surface area contributed by atoms with Crippen molar-refractivity contribution in [1.29, 1.82) is 0 Å². The highest BCUT2D eigenvalue weighted by atomic mass is 16.3. The van der Waals surface area contributed by atoms with Gasteiger partial charge in [-0.3, -0.25) is 14.5 Å². The van der Waals surface area contributed by atoms with E-state index in [4.69, 9.17) is 0 Å². The maximum atomic E-state index is 12.1. The average molecular weight is 231 g/mol. The zero-order valence-electron chi connectivity index (χ0n) is 9.30. The highest BCUT2D eigenvalue weighted by molar-refractivity contribution is 6.18. The van der Waals surface area contributed by atoms with Crippen LogP contribution in [0.15, 0.2) is 24.3 Å². The molecule has 0 spiro atoms. The summed E-state index contributed by atoms with van der Waals surface area (Å²) in [5, 5.41) is 9.21. The third kappa shape index (κ3) is 1.52. The molecule has 2 unspecified atom stereocenters. The number of fused-ring (bicyclic) bond motifs is 2. The first-order valence-electron chi connectivity index (χ1n) is 5.83. The molecule has 17 heavy (non-hydrogen) atoms. The fourth-order valence-corrected chi connectivity index (χ4v) is 2.76. The van der Waals surface area contributed by atoms with Crippen LogP contribution in [0.1, 0.15) is 19.3 Å². The lowest BCUT2D eigenvalue weighted by atomic mass is 9.96. The van der Waals surface area contributed by atoms with Crippen LogP contribution in [-0.4, -0.2) is 16.9 Å². The molecule has 0 aromatic heterocycles. The Morgan fingerprint density at radius 1 is 1.00 bits per heavy atom. The number of hydrogen-bond donors (Lipinski definition) is 1. The zero-order chi connectivity index (χ0) is 12.0. The Morgan fingerprint density at radius 3 is 2.06 bits per heavy atom. The van der Waals surface area contributed by atoms with Gasteiger partial charge in [0.05, 0.1) is 5.69 Å². The predicted octanol–water partition coefficient (Wildman–Crippen LogP) is 1.68. The van der Waals surface area contributed by atoms with E-state index in [-0.39, 0.29) is 29.4 Å². The van der Waals surface area contributed by atoms with Crippen molar-refractivity contribution in [3.63, 3.8) is 0 Å². The third-order valence-electron chi connectivity index (χ3n) is 3.68. The van der Waals surface area contributed by atoms with Crippen molar-refractivity contribution in [2.24, 2.45) is 11.8 Å². The smallest absolute Gasteiger partial charge is 0.236 e. The van der Waals surface area contributed by atoms with Crippen LogP contribution in [0.4, 0.5) is 5.69 Å². The fourth-order valence-electron chi connectivity index (χ4n) is 2.76. The van der Waals surface area contributed by atoms with Crippen molar-refractivity contribution in [2.45, 2.75) is 19.3 Å². The van der Waals surface area contributed by atoms with Crippen molar-refractivity contribution >= 4 is 17.5 Å². The van der Waals surface area contributed by atoms with Crippen LogP contribution in [-0.2, 0) is 9.59 Å². The van der Waals surface area contributed by atoms with Gasteiger partial charge in [-0.2, -0.15) is 0 Å². The second-order valence-corrected chi connectivity index (χ2v) is 4.74. The topological polar surface area (TPSA) is 57.6 Å². The molecule has 3 rings (SSSR count). The maximum Gasteiger partial charge on any atom is 0.236 e. The van der Waals surface area contributed by atoms with E-state index < -0.39 is 0 Å². The summed E-state index contributed by atoms with van der Waals surface area (Å²) in [7, 11) is 0. The maximum absolute atomic E-state index is 12.1. The molecule has 0 radical (unpaired) electrons. The predicted molar refractivity (Wildman–Crippen MR) is 61.4 cm³/mol. The number of phenols is 1. The normalized spacial score (nSPS) is 27.6. The average Bonchev–Trinajstić information content (AvgIpc) is 2.76. The molecule has 1 saturated heterocycles. The molecule has 88 valence electrons. The first kappa shape index (κ1) is 10.3. The number of imide groups is 1. The molecule has 2 bridgehead atoms. The van der Waals surface area contributed by atoms with Crippen molar-refractivity contribution in [3.8, 4) is 5.75 Å². The van der Waals surface area contributed by atoms with Crippen molar-refractivity contribution in [3.05, 3.63) is 24.3 Å². The Morgan fingerprint density at radius 2 is 1.53 bits per heavy atom. The summed E-state index contributed by atoms with van der Waals surface area (Å²) in [6, 6.07) is 6.20. The second kappa shape index (κ2) is 3.58. The molecule has 1 aliphatic carbocycles. The Balaban J connectivity index is 1.99. The zero-order valence-corrected chi connectivity index (χ0v) is 9.30. The lowest BCUT2D eigenvalue weighted by Crippen LogP contribution is -2.46. The number of anilines is 1. The van der Waals surface area contributed by atoms with E-state index in [2.05, 4.69) is 0 Å². The van der Waals surface area contributed by atoms with Crippen LogP contribution in [0.25, 0.3) is 0 Å². The number of hydrogen-bond acceptors (Lipinski definition) is 3. The van der Waals surface area contributed by atoms with Gasteiger partial charge in [-0.05, 0) is 43.5 Å². The van der Waals surface area contributed by atoms with Crippen molar-refractivity contribution in [2.75, 3.05) is 4.90 Å². The summed E-state index contributed by atoms with van der Waals surface area (Å²) in [6.07, 6.45) is 2.36. The minimum absolute atomic E-state index is 0.00602. The van der Waals surface area contributed by atoms with E-state index in [1.54, 1.807) is 12.1 Å². The van der Waals surface area contributed by atoms with Crippen LogP contribution in [0.2, 0.25) is 0 Å². The lowest BCUT2D eigenvalue weighted by molar-refractivity contribution is -0.132. The number of benzene rings is 1. The van der Waals surface area contributed by atoms with E-state index in [9.17, 15) is 14.7 Å². The van der Waals surface area contributed by atoms with E-state index >= 15 is 0 Å². The van der Waals surface area contributed by atoms with Gasteiger partial charge in [0, 0.05) is 11.8 Å². The number of carbonyl (C=O) groups is 2. The van der Waals surface area contributed by atoms with Gasteiger partial charge in [0.25, 0.3) is 0 Å². The van der Waals surface area contributed by atoms with Crippen LogP contribution in [0.5, 0.6) is 5.75 Å². The summed E-state index contributed by atoms with van der Waals surface area (Å²) in [5.41, 5.74) is 0.564. The summed E-state index contributed by atoms with van der Waals surface area (Å²) < 4.78 is 0. The van der Waals surface area contributed by atoms with E-state index in [1.807, 2.05) is 0 Å². The van der Waals surface area contributed by atoms with E-state index in [0.29, 0.717) is 12.1 Å². The first-order chi connectivity index (χ1) is 8.16. The molecule has 2 fully saturated rings. The molecule has 1 N–H and O–H groups in total. The molecule has 2 atom stereocenters. The van der Waals surface area contributed by atoms with Crippen LogP contribution >= 0.6 is 0 Å². The standard InChI is InChI=1S/C13H13NO3/c15-11-5-3-10(4-6-11)14-12(16)8-1-2-9(7-8)13(14)17/h3-6,8-9,15H,1-2,7H2. The molecule has 4 heteroatoms. The largest absolute Gasteiger partial charge is 0.508 e. The number of piperidine rings is 1. The third-order valence-corrected chi connectivity index (χ3v) is 3.68. The molecule has 2 aliphatic rings. The van der Waals surface area contributed by atoms with Crippen LogP contribution < -0.4 is 4.90 Å². The summed E-state index contributed by atoms with van der Waals surface area (Å²) >= 11 is 0. The number of rotatable bonds is 1. The molecular formula is C13H13NO3. The highest BCUT2D eigenvalue weighted by Crippen LogP contribution is 2.40. The van der Waals surface area contributed by atoms with Gasteiger partial charge in [-0.1, -0.05) is 0 Å². The molecule has 1 aromatic rings. The number of carbonyl (C=O) groups excluding carboxylic acids is 2. The van der Waals surface area contributed by atoms with Gasteiger partial charge in [-0.15, -0.1) is 0 Å². The summed E-state index contributed by atoms with van der Waals surface area (Å²) in [5.74, 6) is -0.0319. The number of amides is 2. The molecule has 4 nitrogen and oxygen atoms in total. The minimum atomic E-state index is -0.0885. The molecule has 1 aliphatic heterocycles. The molecule has 1 aromatic carbocycles. The summed E-state index contributed by atoms with van der Waals surface area (Å²) in [4.78, 5) is 25.5. The van der Waals surface area contributed by atoms with E-state index in [1.165, 1.54) is 17.0 Å². The first-order valence-corrected chi connectivity index (χ1v) is 5.83. The Labute approximate surface area is 98.9 Å². The minimum Gasteiger partial charge on any atom is -0.508 e. The Kier molecular flexibility index (Phi) is 2.18. The molecule has 1 saturated carbocycles.